The Balaban J connectivity index is 2.63. The van der Waals surface area contributed by atoms with E-state index in [0.717, 1.165) is 17.5 Å². The van der Waals surface area contributed by atoms with Gasteiger partial charge in [0.2, 0.25) is 0 Å². The molecule has 0 aromatic carbocycles. The molecule has 13 heavy (non-hydrogen) atoms. The molecule has 0 spiro atoms. The first kappa shape index (κ1) is 7.91. The molecule has 0 atom stereocenters. The summed E-state index contributed by atoms with van der Waals surface area (Å²) in [7, 11) is 0. The summed E-state index contributed by atoms with van der Waals surface area (Å²) >= 11 is 0. The van der Waals surface area contributed by atoms with Gasteiger partial charge in [-0.2, -0.15) is 0 Å². The van der Waals surface area contributed by atoms with Crippen molar-refractivity contribution in [1.29, 1.82) is 0 Å². The zero-order valence-electron chi connectivity index (χ0n) is 7.13. The highest BCUT2D eigenvalue weighted by atomic mass is 16.4. The predicted octanol–water partition coefficient (Wildman–Crippen LogP) is 2.02. The first-order valence-electron chi connectivity index (χ1n) is 4.04. The number of furan rings is 1. The number of aromatic nitrogens is 1. The van der Waals surface area contributed by atoms with Crippen LogP contribution in [0.3, 0.4) is 0 Å². The summed E-state index contributed by atoms with van der Waals surface area (Å²) in [6.45, 7) is 1.99. The number of H-pyrrole nitrogens is 1. The van der Waals surface area contributed by atoms with Crippen LogP contribution in [0.1, 0.15) is 23.0 Å². The van der Waals surface area contributed by atoms with E-state index in [1.165, 1.54) is 6.07 Å². The topological polar surface area (TPSA) is 66.2 Å². The van der Waals surface area contributed by atoms with E-state index in [0.29, 0.717) is 5.58 Å². The highest BCUT2D eigenvalue weighted by Gasteiger charge is 2.12. The number of rotatable bonds is 2. The first-order chi connectivity index (χ1) is 6.22. The Hall–Kier alpha value is -1.71. The van der Waals surface area contributed by atoms with Gasteiger partial charge >= 0.3 is 5.97 Å². The van der Waals surface area contributed by atoms with Gasteiger partial charge < -0.3 is 14.5 Å². The van der Waals surface area contributed by atoms with E-state index in [2.05, 4.69) is 4.98 Å². The molecule has 0 aliphatic rings. The molecule has 0 amide bonds. The van der Waals surface area contributed by atoms with Gasteiger partial charge in [0.15, 0.2) is 5.58 Å². The van der Waals surface area contributed by atoms with Gasteiger partial charge in [-0.05, 0) is 6.42 Å². The fourth-order valence-corrected chi connectivity index (χ4v) is 1.34. The Kier molecular flexibility index (Phi) is 1.62. The standard InChI is InChI=1S/C9H9NO3/c1-2-5-4-13-7-3-6(9(11)12)10-8(5)7/h3-4,10H,2H2,1H3,(H,11,12). The maximum absolute atomic E-state index is 10.6. The first-order valence-corrected chi connectivity index (χ1v) is 4.04. The monoisotopic (exact) mass is 179 g/mol. The van der Waals surface area contributed by atoms with Crippen molar-refractivity contribution >= 4 is 17.1 Å². The molecule has 0 saturated carbocycles. The maximum atomic E-state index is 10.6. The van der Waals surface area contributed by atoms with E-state index in [9.17, 15) is 4.79 Å². The smallest absolute Gasteiger partial charge is 0.352 e. The molecule has 2 rings (SSSR count). The molecule has 68 valence electrons. The molecule has 2 aromatic rings. The van der Waals surface area contributed by atoms with Gasteiger partial charge in [0.25, 0.3) is 0 Å². The van der Waals surface area contributed by atoms with Crippen molar-refractivity contribution in [2.75, 3.05) is 0 Å². The van der Waals surface area contributed by atoms with Crippen LogP contribution in [-0.4, -0.2) is 16.1 Å². The summed E-state index contributed by atoms with van der Waals surface area (Å²) in [5.74, 6) is -0.964. The second-order valence-electron chi connectivity index (χ2n) is 2.84. The summed E-state index contributed by atoms with van der Waals surface area (Å²) in [4.78, 5) is 13.4. The van der Waals surface area contributed by atoms with E-state index in [4.69, 9.17) is 9.52 Å². The summed E-state index contributed by atoms with van der Waals surface area (Å²) in [6.07, 6.45) is 2.47. The second-order valence-corrected chi connectivity index (χ2v) is 2.84. The minimum atomic E-state index is -0.964. The number of aryl methyl sites for hydroxylation is 1. The number of aromatic amines is 1. The zero-order valence-corrected chi connectivity index (χ0v) is 7.13. The van der Waals surface area contributed by atoms with Gasteiger partial charge in [-0.15, -0.1) is 0 Å². The van der Waals surface area contributed by atoms with Gasteiger partial charge in [0, 0.05) is 11.6 Å². The molecule has 0 aliphatic carbocycles. The quantitative estimate of drug-likeness (QED) is 0.741. The Bertz CT molecular complexity index is 452. The van der Waals surface area contributed by atoms with E-state index in [-0.39, 0.29) is 5.69 Å². The Morgan fingerprint density at radius 2 is 2.46 bits per heavy atom. The third-order valence-electron chi connectivity index (χ3n) is 2.04. The fourth-order valence-electron chi connectivity index (χ4n) is 1.34. The Morgan fingerprint density at radius 1 is 1.69 bits per heavy atom. The third-order valence-corrected chi connectivity index (χ3v) is 2.04. The SMILES string of the molecule is CCc1coc2cc(C(=O)O)[nH]c12. The average molecular weight is 179 g/mol. The number of fused-ring (bicyclic) bond motifs is 1. The van der Waals surface area contributed by atoms with Crippen molar-refractivity contribution in [2.24, 2.45) is 0 Å². The van der Waals surface area contributed by atoms with Gasteiger partial charge in [-0.25, -0.2) is 4.79 Å². The Labute approximate surface area is 74.2 Å². The van der Waals surface area contributed by atoms with Crippen molar-refractivity contribution in [3.63, 3.8) is 0 Å². The molecular formula is C9H9NO3. The minimum absolute atomic E-state index is 0.170. The van der Waals surface area contributed by atoms with E-state index < -0.39 is 5.97 Å². The van der Waals surface area contributed by atoms with Crippen LogP contribution in [0.15, 0.2) is 16.7 Å². The number of hydrogen-bond acceptors (Lipinski definition) is 2. The van der Waals surface area contributed by atoms with Crippen LogP contribution in [0.2, 0.25) is 0 Å². The molecule has 0 aliphatic heterocycles. The molecule has 4 nitrogen and oxygen atoms in total. The number of hydrogen-bond donors (Lipinski definition) is 2. The Morgan fingerprint density at radius 3 is 3.08 bits per heavy atom. The van der Waals surface area contributed by atoms with E-state index in [1.807, 2.05) is 6.92 Å². The van der Waals surface area contributed by atoms with Crippen LogP contribution < -0.4 is 0 Å². The van der Waals surface area contributed by atoms with Gasteiger partial charge in [0.05, 0.1) is 11.8 Å². The summed E-state index contributed by atoms with van der Waals surface area (Å²) in [5.41, 5.74) is 2.57. The lowest BCUT2D eigenvalue weighted by atomic mass is 10.2. The van der Waals surface area contributed by atoms with Crippen LogP contribution >= 0.6 is 0 Å². The van der Waals surface area contributed by atoms with Crippen molar-refractivity contribution in [3.05, 3.63) is 23.6 Å². The molecular weight excluding hydrogens is 170 g/mol. The van der Waals surface area contributed by atoms with E-state index >= 15 is 0 Å². The van der Waals surface area contributed by atoms with Crippen LogP contribution in [-0.2, 0) is 6.42 Å². The van der Waals surface area contributed by atoms with Gasteiger partial charge in [-0.3, -0.25) is 0 Å². The molecule has 2 heterocycles. The molecule has 2 N–H and O–H groups in total. The van der Waals surface area contributed by atoms with Crippen molar-refractivity contribution in [2.45, 2.75) is 13.3 Å². The van der Waals surface area contributed by atoms with Crippen LogP contribution in [0.4, 0.5) is 0 Å². The fraction of sp³-hybridized carbons (Fsp3) is 0.222. The molecule has 0 bridgehead atoms. The lowest BCUT2D eigenvalue weighted by Crippen LogP contribution is -1.95. The minimum Gasteiger partial charge on any atom is -0.477 e. The molecule has 0 fully saturated rings. The number of aromatic carboxylic acids is 1. The van der Waals surface area contributed by atoms with Crippen molar-refractivity contribution in [1.82, 2.24) is 4.98 Å². The van der Waals surface area contributed by atoms with Crippen molar-refractivity contribution < 1.29 is 14.3 Å². The number of carbonyl (C=O) groups is 1. The molecule has 0 radical (unpaired) electrons. The highest BCUT2D eigenvalue weighted by molar-refractivity contribution is 5.92. The molecule has 0 saturated heterocycles. The lowest BCUT2D eigenvalue weighted by molar-refractivity contribution is 0.0691. The number of nitrogens with one attached hydrogen (secondary N) is 1. The molecule has 0 unspecified atom stereocenters. The average Bonchev–Trinajstić information content (AvgIpc) is 2.60. The summed E-state index contributed by atoms with van der Waals surface area (Å²) < 4.78 is 5.18. The zero-order chi connectivity index (χ0) is 9.42. The van der Waals surface area contributed by atoms with Gasteiger partial charge in [-0.1, -0.05) is 6.92 Å². The van der Waals surface area contributed by atoms with Gasteiger partial charge in [0.1, 0.15) is 5.69 Å². The summed E-state index contributed by atoms with van der Waals surface area (Å²) in [5, 5.41) is 8.69. The number of carboxylic acid groups (broad SMARTS) is 1. The highest BCUT2D eigenvalue weighted by Crippen LogP contribution is 2.21. The molecule has 4 heteroatoms. The maximum Gasteiger partial charge on any atom is 0.352 e. The predicted molar refractivity (Wildman–Crippen MR) is 46.9 cm³/mol. The largest absolute Gasteiger partial charge is 0.477 e. The second kappa shape index (κ2) is 2.65. The van der Waals surface area contributed by atoms with Crippen molar-refractivity contribution in [3.8, 4) is 0 Å². The van der Waals surface area contributed by atoms with Crippen LogP contribution in [0.5, 0.6) is 0 Å². The van der Waals surface area contributed by atoms with Crippen LogP contribution in [0, 0.1) is 0 Å². The van der Waals surface area contributed by atoms with Crippen LogP contribution in [0.25, 0.3) is 11.1 Å². The molecule has 2 aromatic heterocycles. The van der Waals surface area contributed by atoms with E-state index in [1.54, 1.807) is 6.26 Å². The normalized spacial score (nSPS) is 10.8. The third kappa shape index (κ3) is 1.11. The summed E-state index contributed by atoms with van der Waals surface area (Å²) in [6, 6.07) is 1.50. The number of carboxylic acids is 1. The lowest BCUT2D eigenvalue weighted by Gasteiger charge is -1.87.